The summed E-state index contributed by atoms with van der Waals surface area (Å²) in [6, 6.07) is 23.0. The van der Waals surface area contributed by atoms with E-state index in [4.69, 9.17) is 27.9 Å². The number of sulfonamides is 1. The first kappa shape index (κ1) is 52.8. The van der Waals surface area contributed by atoms with Crippen molar-refractivity contribution in [1.29, 1.82) is 0 Å². The topological polar surface area (TPSA) is 112 Å². The molecule has 9 rings (SSSR count). The molecule has 0 amide bonds. The Bertz CT molecular complexity index is 3490. The molecule has 0 saturated carbocycles. The number of alkyl halides is 6. The number of anilines is 1. The summed E-state index contributed by atoms with van der Waals surface area (Å²) in [6.07, 6.45) is -5.07. The molecular formula is C47H29Cl2F11N2O6S3. The monoisotopic (exact) mass is 1090 g/mol. The molecule has 1 aliphatic rings. The minimum Gasteiger partial charge on any atom is -0.381 e. The lowest BCUT2D eigenvalue weighted by Crippen LogP contribution is -2.14. The Hall–Kier alpha value is -6.04. The van der Waals surface area contributed by atoms with Crippen LogP contribution in [0.1, 0.15) is 24.0 Å². The molecule has 1 aliphatic heterocycles. The standard InChI is InChI=1S/C23H9ClF8O3S.C20H12ClF3N2O2S2.C4H8O/c24-16-9-11(23(30,31)32)4-6-15(16)14-3-1-2-10-8-12(5-7-13(10)14)36(33,34)35-22-20(28)18(26)17(25)19(27)21(22)29;21-18-11-13(20(22,23)24)4-6-17(18)16-3-1-2-12-10-14(5-7-15(12)16)30(27,28)26-19-25-8-9-29-19;1-2-4-5-3-1/h1-9H;1-11H,(H,25,26);1-4H2. The van der Waals surface area contributed by atoms with E-state index in [0.29, 0.717) is 32.8 Å². The first-order valence-electron chi connectivity index (χ1n) is 20.1. The molecule has 7 aromatic carbocycles. The fourth-order valence-electron chi connectivity index (χ4n) is 6.91. The summed E-state index contributed by atoms with van der Waals surface area (Å²) in [5, 5.41) is 3.40. The number of nitrogens with one attached hydrogen (secondary N) is 1. The van der Waals surface area contributed by atoms with E-state index in [1.54, 1.807) is 29.6 Å². The minimum atomic E-state index is -5.09. The highest BCUT2D eigenvalue weighted by Crippen LogP contribution is 2.41. The zero-order chi connectivity index (χ0) is 51.6. The van der Waals surface area contributed by atoms with Gasteiger partial charge in [-0.1, -0.05) is 83.9 Å². The van der Waals surface area contributed by atoms with Gasteiger partial charge in [-0.05, 0) is 94.0 Å². The summed E-state index contributed by atoms with van der Waals surface area (Å²) in [5.41, 5.74) is -0.262. The number of fused-ring (bicyclic) bond motifs is 2. The molecular weight excluding hydrogens is 1060 g/mol. The van der Waals surface area contributed by atoms with Gasteiger partial charge in [0.1, 0.15) is 4.90 Å². The number of hydrogen-bond acceptors (Lipinski definition) is 8. The molecule has 8 nitrogen and oxygen atoms in total. The predicted octanol–water partition coefficient (Wildman–Crippen LogP) is 14.9. The van der Waals surface area contributed by atoms with Crippen molar-refractivity contribution in [2.24, 2.45) is 0 Å². The SMILES string of the molecule is C1CCOC1.O=S(=O)(Nc1nccs1)c1ccc2c(-c3ccc(C(F)(F)F)cc3Cl)cccc2c1.O=S(=O)(Oc1c(F)c(F)c(F)c(F)c1F)c1ccc2c(-c3ccc(C(F)(F)F)cc3Cl)cccc2c1. The van der Waals surface area contributed by atoms with Crippen LogP contribution >= 0.6 is 34.5 Å². The van der Waals surface area contributed by atoms with E-state index < -0.39 is 83.4 Å². The van der Waals surface area contributed by atoms with Gasteiger partial charge >= 0.3 is 22.5 Å². The minimum absolute atomic E-state index is 0.0422. The van der Waals surface area contributed by atoms with Crippen molar-refractivity contribution in [2.75, 3.05) is 17.9 Å². The Morgan fingerprint density at radius 2 is 1.04 bits per heavy atom. The largest absolute Gasteiger partial charge is 0.416 e. The second-order valence-electron chi connectivity index (χ2n) is 15.0. The van der Waals surface area contributed by atoms with Crippen molar-refractivity contribution in [3.05, 3.63) is 171 Å². The van der Waals surface area contributed by atoms with Crippen molar-refractivity contribution in [3.8, 4) is 28.0 Å². The quantitative estimate of drug-likeness (QED) is 0.0698. The second kappa shape index (κ2) is 21.0. The molecule has 1 N–H and O–H groups in total. The van der Waals surface area contributed by atoms with Crippen molar-refractivity contribution < 1.29 is 74.1 Å². The van der Waals surface area contributed by atoms with Gasteiger partial charge in [0.25, 0.3) is 10.0 Å². The Labute approximate surface area is 410 Å². The fraction of sp³-hybridized carbons (Fsp3) is 0.128. The maximum Gasteiger partial charge on any atom is 0.416 e. The molecule has 8 aromatic rings. The third kappa shape index (κ3) is 11.8. The first-order valence-corrected chi connectivity index (χ1v) is 24.7. The van der Waals surface area contributed by atoms with Gasteiger partial charge in [-0.3, -0.25) is 4.72 Å². The highest BCUT2D eigenvalue weighted by Gasteiger charge is 2.33. The highest BCUT2D eigenvalue weighted by molar-refractivity contribution is 7.93. The normalized spacial score (nSPS) is 13.1. The molecule has 0 spiro atoms. The van der Waals surface area contributed by atoms with Crippen LogP contribution in [0.25, 0.3) is 43.8 Å². The van der Waals surface area contributed by atoms with Gasteiger partial charge in [0.2, 0.25) is 34.8 Å². The molecule has 0 radical (unpaired) electrons. The van der Waals surface area contributed by atoms with Crippen LogP contribution in [0.2, 0.25) is 10.0 Å². The Kier molecular flexibility index (Phi) is 15.6. The fourth-order valence-corrected chi connectivity index (χ4v) is 10.3. The molecule has 0 unspecified atom stereocenters. The summed E-state index contributed by atoms with van der Waals surface area (Å²) in [7, 11) is -8.93. The van der Waals surface area contributed by atoms with Crippen molar-refractivity contribution in [3.63, 3.8) is 0 Å². The average Bonchev–Trinajstić information content (AvgIpc) is 4.09. The van der Waals surface area contributed by atoms with Gasteiger partial charge in [-0.15, -0.1) is 11.3 Å². The number of hydrogen-bond donors (Lipinski definition) is 1. The van der Waals surface area contributed by atoms with E-state index in [-0.39, 0.29) is 31.0 Å². The van der Waals surface area contributed by atoms with Gasteiger partial charge in [-0.2, -0.15) is 43.5 Å². The summed E-state index contributed by atoms with van der Waals surface area (Å²) < 4.78 is 207. The molecule has 2 heterocycles. The molecule has 1 saturated heterocycles. The number of halogens is 13. The first-order chi connectivity index (χ1) is 33.4. The lowest BCUT2D eigenvalue weighted by molar-refractivity contribution is -0.138. The maximum absolute atomic E-state index is 13.9. The molecule has 71 heavy (non-hydrogen) atoms. The van der Waals surface area contributed by atoms with E-state index in [1.165, 1.54) is 61.5 Å². The smallest absolute Gasteiger partial charge is 0.381 e. The lowest BCUT2D eigenvalue weighted by Gasteiger charge is -2.13. The van der Waals surface area contributed by atoms with Gasteiger partial charge in [0.15, 0.2) is 5.13 Å². The molecule has 1 fully saturated rings. The van der Waals surface area contributed by atoms with Gasteiger partial charge in [0, 0.05) is 46.0 Å². The average molecular weight is 1090 g/mol. The van der Waals surface area contributed by atoms with Crippen molar-refractivity contribution in [2.45, 2.75) is 35.0 Å². The molecule has 0 bridgehead atoms. The third-order valence-electron chi connectivity index (χ3n) is 10.3. The van der Waals surface area contributed by atoms with Gasteiger partial charge < -0.3 is 8.92 Å². The number of ether oxygens (including phenoxy) is 1. The zero-order valence-electron chi connectivity index (χ0n) is 35.4. The van der Waals surface area contributed by atoms with Gasteiger partial charge in [-0.25, -0.2) is 26.6 Å². The number of thiazole rings is 1. The predicted molar refractivity (Wildman–Crippen MR) is 246 cm³/mol. The number of rotatable bonds is 8. The van der Waals surface area contributed by atoms with Gasteiger partial charge in [0.05, 0.1) is 16.0 Å². The number of aromatic nitrogens is 1. The summed E-state index contributed by atoms with van der Waals surface area (Å²) in [6.45, 7) is 2.00. The molecule has 0 aliphatic carbocycles. The van der Waals surface area contributed by atoms with Crippen LogP contribution in [0.4, 0.5) is 53.4 Å². The number of nitrogens with zero attached hydrogens (tertiary/aromatic N) is 1. The van der Waals surface area contributed by atoms with Crippen LogP contribution < -0.4 is 8.91 Å². The second-order valence-corrected chi connectivity index (χ2v) is 19.9. The van der Waals surface area contributed by atoms with E-state index in [2.05, 4.69) is 13.9 Å². The number of benzene rings is 7. The van der Waals surface area contributed by atoms with Crippen LogP contribution in [-0.2, 0) is 37.2 Å². The Morgan fingerprint density at radius 3 is 1.46 bits per heavy atom. The van der Waals surface area contributed by atoms with Crippen LogP contribution in [0.5, 0.6) is 5.75 Å². The van der Waals surface area contributed by atoms with Crippen molar-refractivity contribution >= 4 is 81.4 Å². The maximum atomic E-state index is 13.9. The highest BCUT2D eigenvalue weighted by atomic mass is 35.5. The van der Waals surface area contributed by atoms with Crippen LogP contribution in [-0.4, -0.2) is 35.0 Å². The Morgan fingerprint density at radius 1 is 0.577 bits per heavy atom. The van der Waals surface area contributed by atoms with E-state index in [9.17, 15) is 65.1 Å². The van der Waals surface area contributed by atoms with E-state index in [0.717, 1.165) is 67.0 Å². The summed E-state index contributed by atoms with van der Waals surface area (Å²) >= 11 is 13.4. The molecule has 372 valence electrons. The van der Waals surface area contributed by atoms with E-state index >= 15 is 0 Å². The van der Waals surface area contributed by atoms with Crippen molar-refractivity contribution in [1.82, 2.24) is 4.98 Å². The molecule has 24 heteroatoms. The van der Waals surface area contributed by atoms with Crippen LogP contribution in [0, 0.1) is 29.1 Å². The zero-order valence-corrected chi connectivity index (χ0v) is 39.4. The summed E-state index contributed by atoms with van der Waals surface area (Å²) in [4.78, 5) is 3.25. The van der Waals surface area contributed by atoms with E-state index in [1.807, 2.05) is 0 Å². The van der Waals surface area contributed by atoms with Crippen LogP contribution in [0.15, 0.2) is 131 Å². The van der Waals surface area contributed by atoms with Crippen LogP contribution in [0.3, 0.4) is 0 Å². The Balaban J connectivity index is 0.000000192. The third-order valence-corrected chi connectivity index (χ3v) is 14.3. The lowest BCUT2D eigenvalue weighted by atomic mass is 9.97. The molecule has 0 atom stereocenters. The molecule has 1 aromatic heterocycles. The summed E-state index contributed by atoms with van der Waals surface area (Å²) in [5.74, 6) is -14.2.